The second-order valence-electron chi connectivity index (χ2n) is 5.85. The second-order valence-corrected chi connectivity index (χ2v) is 8.09. The third-order valence-electron chi connectivity index (χ3n) is 3.83. The van der Waals surface area contributed by atoms with E-state index in [1.165, 1.54) is 23.1 Å². The number of benzene rings is 2. The summed E-state index contributed by atoms with van der Waals surface area (Å²) in [5.74, 6) is 0.968. The highest BCUT2D eigenvalue weighted by Crippen LogP contribution is 2.32. The number of anilines is 1. The molecule has 0 saturated heterocycles. The van der Waals surface area contributed by atoms with E-state index in [-0.39, 0.29) is 18.9 Å². The lowest BCUT2D eigenvalue weighted by molar-refractivity contribution is -0.116. The Hall–Kier alpha value is -2.82. The zero-order chi connectivity index (χ0) is 19.8. The van der Waals surface area contributed by atoms with Crippen molar-refractivity contribution in [2.45, 2.75) is 17.6 Å². The zero-order valence-electron chi connectivity index (χ0n) is 15.3. The summed E-state index contributed by atoms with van der Waals surface area (Å²) in [7, 11) is 0. The first-order valence-corrected chi connectivity index (χ1v) is 10.5. The number of aryl methyl sites for hydroxylation is 1. The molecule has 0 spiro atoms. The molecular formula is C21H19N3O2S2. The number of aromatic nitrogens is 1. The molecule has 3 rings (SSSR count). The average Bonchev–Trinajstić information content (AvgIpc) is 3.06. The molecule has 1 aromatic heterocycles. The van der Waals surface area contributed by atoms with Crippen LogP contribution < -0.4 is 10.1 Å². The number of hydrogen-bond donors (Lipinski definition) is 1. The summed E-state index contributed by atoms with van der Waals surface area (Å²) >= 11 is 2.81. The minimum atomic E-state index is -0.150. The number of ether oxygens (including phenoxy) is 1. The molecule has 0 fully saturated rings. The Balaban J connectivity index is 1.55. The molecule has 0 atom stereocenters. The molecule has 3 aromatic rings. The van der Waals surface area contributed by atoms with Gasteiger partial charge in [-0.05, 0) is 18.6 Å². The Morgan fingerprint density at radius 1 is 1.21 bits per heavy atom. The molecule has 0 saturated carbocycles. The maximum atomic E-state index is 12.2. The lowest BCUT2D eigenvalue weighted by Gasteiger charge is -2.11. The van der Waals surface area contributed by atoms with Crippen LogP contribution in [0.4, 0.5) is 5.13 Å². The van der Waals surface area contributed by atoms with Crippen LogP contribution in [0.25, 0.3) is 11.1 Å². The van der Waals surface area contributed by atoms with Crippen LogP contribution in [0, 0.1) is 18.3 Å². The third-order valence-corrected chi connectivity index (χ3v) is 6.13. The van der Waals surface area contributed by atoms with E-state index in [0.717, 1.165) is 26.8 Å². The molecule has 2 aromatic carbocycles. The van der Waals surface area contributed by atoms with E-state index in [1.54, 1.807) is 0 Å². The van der Waals surface area contributed by atoms with Crippen molar-refractivity contribution in [1.29, 1.82) is 5.26 Å². The second kappa shape index (κ2) is 9.93. The third kappa shape index (κ3) is 5.35. The first-order chi connectivity index (χ1) is 13.7. The molecule has 1 amide bonds. The molecule has 0 aliphatic rings. The standard InChI is InChI=1S/C21H19N3O2S2/c1-15-20(27-14-12-22)28-21(23-15)24-19(25)11-13-26-18-10-6-5-9-17(18)16-7-3-2-4-8-16/h2-10H,11,13-14H2,1H3,(H,23,24,25). The molecule has 5 nitrogen and oxygen atoms in total. The SMILES string of the molecule is Cc1nc(NC(=O)CCOc2ccccc2-c2ccccc2)sc1SCC#N. The fourth-order valence-electron chi connectivity index (χ4n) is 2.55. The Kier molecular flexibility index (Phi) is 7.06. The normalized spacial score (nSPS) is 10.3. The molecule has 7 heteroatoms. The van der Waals surface area contributed by atoms with Gasteiger partial charge in [0.1, 0.15) is 5.75 Å². The molecule has 0 unspecified atom stereocenters. The Bertz CT molecular complexity index is 981. The molecule has 1 N–H and O–H groups in total. The van der Waals surface area contributed by atoms with Gasteiger partial charge in [-0.25, -0.2) is 4.98 Å². The van der Waals surface area contributed by atoms with Gasteiger partial charge in [-0.3, -0.25) is 4.79 Å². The van der Waals surface area contributed by atoms with Crippen molar-refractivity contribution in [2.75, 3.05) is 17.7 Å². The average molecular weight is 410 g/mol. The monoisotopic (exact) mass is 409 g/mol. The van der Waals surface area contributed by atoms with E-state index in [1.807, 2.05) is 61.5 Å². The predicted octanol–water partition coefficient (Wildman–Crippen LogP) is 5.14. The smallest absolute Gasteiger partial charge is 0.229 e. The van der Waals surface area contributed by atoms with Gasteiger partial charge in [-0.1, -0.05) is 71.6 Å². The van der Waals surface area contributed by atoms with E-state index >= 15 is 0 Å². The van der Waals surface area contributed by atoms with Crippen molar-refractivity contribution < 1.29 is 9.53 Å². The van der Waals surface area contributed by atoms with Gasteiger partial charge in [0.05, 0.1) is 34.8 Å². The number of carbonyl (C=O) groups is 1. The summed E-state index contributed by atoms with van der Waals surface area (Å²) in [6.45, 7) is 2.14. The van der Waals surface area contributed by atoms with Crippen LogP contribution in [0.1, 0.15) is 12.1 Å². The highest BCUT2D eigenvalue weighted by Gasteiger charge is 2.12. The van der Waals surface area contributed by atoms with Crippen LogP contribution in [-0.2, 0) is 4.79 Å². The molecule has 0 bridgehead atoms. The summed E-state index contributed by atoms with van der Waals surface area (Å²) in [5, 5.41) is 12.0. The first kappa shape index (κ1) is 19.9. The fourth-order valence-corrected chi connectivity index (χ4v) is 4.37. The first-order valence-electron chi connectivity index (χ1n) is 8.71. The van der Waals surface area contributed by atoms with E-state index in [0.29, 0.717) is 10.9 Å². The number of para-hydroxylation sites is 1. The van der Waals surface area contributed by atoms with Crippen LogP contribution >= 0.6 is 23.1 Å². The predicted molar refractivity (Wildman–Crippen MR) is 114 cm³/mol. The minimum Gasteiger partial charge on any atom is -0.492 e. The summed E-state index contributed by atoms with van der Waals surface area (Å²) in [4.78, 5) is 16.5. The maximum Gasteiger partial charge on any atom is 0.229 e. The highest BCUT2D eigenvalue weighted by molar-refractivity contribution is 8.01. The van der Waals surface area contributed by atoms with Crippen molar-refractivity contribution in [3.05, 3.63) is 60.3 Å². The number of thioether (sulfide) groups is 1. The number of amides is 1. The molecule has 0 aliphatic heterocycles. The Labute approximate surface area is 172 Å². The summed E-state index contributed by atoms with van der Waals surface area (Å²) in [5.41, 5.74) is 2.90. The van der Waals surface area contributed by atoms with Crippen LogP contribution in [0.3, 0.4) is 0 Å². The quantitative estimate of drug-likeness (QED) is 0.521. The number of nitrogens with one attached hydrogen (secondary N) is 1. The van der Waals surface area contributed by atoms with Gasteiger partial charge in [-0.15, -0.1) is 0 Å². The Morgan fingerprint density at radius 2 is 1.96 bits per heavy atom. The topological polar surface area (TPSA) is 75.0 Å². The van der Waals surface area contributed by atoms with Crippen molar-refractivity contribution >= 4 is 34.1 Å². The minimum absolute atomic E-state index is 0.150. The molecule has 1 heterocycles. The number of hydrogen-bond acceptors (Lipinski definition) is 6. The molecule has 28 heavy (non-hydrogen) atoms. The van der Waals surface area contributed by atoms with Crippen LogP contribution in [0.15, 0.2) is 58.8 Å². The molecule has 0 radical (unpaired) electrons. The van der Waals surface area contributed by atoms with Crippen molar-refractivity contribution in [2.24, 2.45) is 0 Å². The van der Waals surface area contributed by atoms with Crippen molar-refractivity contribution in [3.63, 3.8) is 0 Å². The van der Waals surface area contributed by atoms with Gasteiger partial charge in [0, 0.05) is 5.56 Å². The molecular weight excluding hydrogens is 390 g/mol. The molecule has 142 valence electrons. The number of nitriles is 1. The van der Waals surface area contributed by atoms with Crippen LogP contribution in [0.5, 0.6) is 5.75 Å². The maximum absolute atomic E-state index is 12.2. The van der Waals surface area contributed by atoms with Gasteiger partial charge in [-0.2, -0.15) is 5.26 Å². The number of nitrogens with zero attached hydrogens (tertiary/aromatic N) is 2. The van der Waals surface area contributed by atoms with Gasteiger partial charge in [0.25, 0.3) is 0 Å². The van der Waals surface area contributed by atoms with Crippen molar-refractivity contribution in [3.8, 4) is 22.9 Å². The van der Waals surface area contributed by atoms with E-state index in [4.69, 9.17) is 10.00 Å². The van der Waals surface area contributed by atoms with Gasteiger partial charge in [0.2, 0.25) is 5.91 Å². The lowest BCUT2D eigenvalue weighted by atomic mass is 10.1. The number of rotatable bonds is 8. The summed E-state index contributed by atoms with van der Waals surface area (Å²) in [6.07, 6.45) is 0.225. The number of thiazole rings is 1. The van der Waals surface area contributed by atoms with Crippen LogP contribution in [0.2, 0.25) is 0 Å². The molecule has 0 aliphatic carbocycles. The summed E-state index contributed by atoms with van der Waals surface area (Å²) < 4.78 is 6.81. The number of carbonyl (C=O) groups excluding carboxylic acids is 1. The zero-order valence-corrected chi connectivity index (χ0v) is 17.0. The van der Waals surface area contributed by atoms with Crippen molar-refractivity contribution in [1.82, 2.24) is 4.98 Å². The van der Waals surface area contributed by atoms with Gasteiger partial charge >= 0.3 is 0 Å². The summed E-state index contributed by atoms with van der Waals surface area (Å²) in [6, 6.07) is 19.9. The van der Waals surface area contributed by atoms with Crippen LogP contribution in [-0.4, -0.2) is 23.3 Å². The van der Waals surface area contributed by atoms with E-state index < -0.39 is 0 Å². The van der Waals surface area contributed by atoms with Gasteiger partial charge in [0.15, 0.2) is 5.13 Å². The van der Waals surface area contributed by atoms with E-state index in [2.05, 4.69) is 16.4 Å². The lowest BCUT2D eigenvalue weighted by Crippen LogP contribution is -2.15. The fraction of sp³-hybridized carbons (Fsp3) is 0.190. The van der Waals surface area contributed by atoms with Gasteiger partial charge < -0.3 is 10.1 Å². The Morgan fingerprint density at radius 3 is 2.75 bits per heavy atom. The highest BCUT2D eigenvalue weighted by atomic mass is 32.2. The largest absolute Gasteiger partial charge is 0.492 e. The van der Waals surface area contributed by atoms with E-state index in [9.17, 15) is 4.79 Å².